The van der Waals surface area contributed by atoms with Crippen LogP contribution in [0.2, 0.25) is 0 Å². The highest BCUT2D eigenvalue weighted by Crippen LogP contribution is 2.22. The molecule has 1 fully saturated rings. The van der Waals surface area contributed by atoms with Gasteiger partial charge in [0.25, 0.3) is 0 Å². The minimum Gasteiger partial charge on any atom is -0.459 e. The summed E-state index contributed by atoms with van der Waals surface area (Å²) in [7, 11) is 0. The smallest absolute Gasteiger partial charge is 0.333 e. The predicted molar refractivity (Wildman–Crippen MR) is 52.4 cm³/mol. The Morgan fingerprint density at radius 1 is 1.46 bits per heavy atom. The summed E-state index contributed by atoms with van der Waals surface area (Å²) in [5.74, 6) is -0.186. The van der Waals surface area contributed by atoms with Crippen LogP contribution in [0.5, 0.6) is 0 Å². The molecule has 1 saturated carbocycles. The van der Waals surface area contributed by atoms with Crippen LogP contribution in [0.4, 0.5) is 0 Å². The van der Waals surface area contributed by atoms with Crippen LogP contribution in [0.3, 0.4) is 0 Å². The Labute approximate surface area is 80.0 Å². The summed E-state index contributed by atoms with van der Waals surface area (Å²) >= 11 is 0. The van der Waals surface area contributed by atoms with Gasteiger partial charge in [-0.15, -0.1) is 0 Å². The van der Waals surface area contributed by atoms with Crippen LogP contribution < -0.4 is 0 Å². The monoisotopic (exact) mass is 182 g/mol. The molecule has 0 aromatic rings. The van der Waals surface area contributed by atoms with E-state index in [4.69, 9.17) is 4.74 Å². The Hall–Kier alpha value is -0.790. The average molecular weight is 182 g/mol. The highest BCUT2D eigenvalue weighted by atomic mass is 16.5. The molecule has 0 unspecified atom stereocenters. The predicted octanol–water partition coefficient (Wildman–Crippen LogP) is 2.83. The average Bonchev–Trinajstić information content (AvgIpc) is 2.57. The maximum Gasteiger partial charge on any atom is 0.333 e. The van der Waals surface area contributed by atoms with Crippen LogP contribution in [0, 0.1) is 0 Å². The van der Waals surface area contributed by atoms with Crippen molar-refractivity contribution in [1.29, 1.82) is 0 Å². The number of carbonyl (C=O) groups is 1. The summed E-state index contributed by atoms with van der Waals surface area (Å²) in [5.41, 5.74) is 0.620. The Morgan fingerprint density at radius 3 is 2.62 bits per heavy atom. The summed E-state index contributed by atoms with van der Waals surface area (Å²) in [6.45, 7) is 5.75. The molecule has 1 aliphatic rings. The van der Waals surface area contributed by atoms with Crippen LogP contribution >= 0.6 is 0 Å². The van der Waals surface area contributed by atoms with E-state index >= 15 is 0 Å². The molecule has 13 heavy (non-hydrogen) atoms. The molecule has 2 heteroatoms. The lowest BCUT2D eigenvalue weighted by Crippen LogP contribution is -2.15. The summed E-state index contributed by atoms with van der Waals surface area (Å²) in [6.07, 6.45) is 6.33. The van der Waals surface area contributed by atoms with Gasteiger partial charge in [0.15, 0.2) is 0 Å². The zero-order valence-corrected chi connectivity index (χ0v) is 8.34. The van der Waals surface area contributed by atoms with Crippen molar-refractivity contribution in [2.75, 3.05) is 0 Å². The molecule has 0 aromatic carbocycles. The standard InChI is InChI=1S/C11H18O2/c1-3-6-9(2)11(12)13-10-7-4-5-8-10/h10H,2-8H2,1H3. The molecular weight excluding hydrogens is 164 g/mol. The number of esters is 1. The van der Waals surface area contributed by atoms with E-state index < -0.39 is 0 Å². The Balaban J connectivity index is 2.27. The Morgan fingerprint density at radius 2 is 2.08 bits per heavy atom. The van der Waals surface area contributed by atoms with E-state index in [1.807, 2.05) is 6.92 Å². The van der Waals surface area contributed by atoms with Gasteiger partial charge in [-0.05, 0) is 32.1 Å². The van der Waals surface area contributed by atoms with Crippen LogP contribution in [-0.4, -0.2) is 12.1 Å². The van der Waals surface area contributed by atoms with Crippen LogP contribution in [0.25, 0.3) is 0 Å². The Bertz CT molecular complexity index is 190. The van der Waals surface area contributed by atoms with E-state index in [-0.39, 0.29) is 12.1 Å². The third kappa shape index (κ3) is 3.21. The van der Waals surface area contributed by atoms with Crippen molar-refractivity contribution in [2.24, 2.45) is 0 Å². The van der Waals surface area contributed by atoms with Crippen LogP contribution in [0.15, 0.2) is 12.2 Å². The van der Waals surface area contributed by atoms with Crippen molar-refractivity contribution >= 4 is 5.97 Å². The lowest BCUT2D eigenvalue weighted by atomic mass is 10.2. The largest absolute Gasteiger partial charge is 0.459 e. The molecule has 2 nitrogen and oxygen atoms in total. The van der Waals surface area contributed by atoms with E-state index in [2.05, 4.69) is 6.58 Å². The number of rotatable bonds is 4. The second-order valence-electron chi connectivity index (χ2n) is 3.67. The number of hydrogen-bond donors (Lipinski definition) is 0. The van der Waals surface area contributed by atoms with Crippen LogP contribution in [-0.2, 0) is 9.53 Å². The van der Waals surface area contributed by atoms with Gasteiger partial charge in [0.05, 0.1) is 0 Å². The molecule has 0 bridgehead atoms. The third-order valence-corrected chi connectivity index (χ3v) is 2.42. The molecule has 0 aliphatic heterocycles. The first-order chi connectivity index (χ1) is 6.24. The fourth-order valence-electron chi connectivity index (χ4n) is 1.64. The van der Waals surface area contributed by atoms with E-state index in [0.717, 1.165) is 25.7 Å². The van der Waals surface area contributed by atoms with Crippen LogP contribution in [0.1, 0.15) is 45.4 Å². The van der Waals surface area contributed by atoms with Gasteiger partial charge in [-0.25, -0.2) is 4.79 Å². The molecule has 0 spiro atoms. The van der Waals surface area contributed by atoms with Crippen molar-refractivity contribution in [1.82, 2.24) is 0 Å². The zero-order valence-electron chi connectivity index (χ0n) is 8.34. The highest BCUT2D eigenvalue weighted by Gasteiger charge is 2.19. The highest BCUT2D eigenvalue weighted by molar-refractivity contribution is 5.87. The lowest BCUT2D eigenvalue weighted by molar-refractivity contribution is -0.144. The molecule has 0 atom stereocenters. The van der Waals surface area contributed by atoms with Gasteiger partial charge in [0.1, 0.15) is 6.10 Å². The molecule has 1 rings (SSSR count). The van der Waals surface area contributed by atoms with Gasteiger partial charge in [-0.2, -0.15) is 0 Å². The minimum absolute atomic E-state index is 0.168. The number of hydrogen-bond acceptors (Lipinski definition) is 2. The van der Waals surface area contributed by atoms with E-state index in [0.29, 0.717) is 5.57 Å². The van der Waals surface area contributed by atoms with E-state index in [9.17, 15) is 4.79 Å². The normalized spacial score (nSPS) is 17.3. The third-order valence-electron chi connectivity index (χ3n) is 2.42. The molecule has 1 aliphatic carbocycles. The van der Waals surface area contributed by atoms with Gasteiger partial charge >= 0.3 is 5.97 Å². The summed E-state index contributed by atoms with van der Waals surface area (Å²) in [5, 5.41) is 0. The van der Waals surface area contributed by atoms with E-state index in [1.54, 1.807) is 0 Å². The van der Waals surface area contributed by atoms with Gasteiger partial charge in [0, 0.05) is 5.57 Å². The molecule has 0 aromatic heterocycles. The quantitative estimate of drug-likeness (QED) is 0.493. The fourth-order valence-corrected chi connectivity index (χ4v) is 1.64. The van der Waals surface area contributed by atoms with Crippen molar-refractivity contribution in [3.8, 4) is 0 Å². The first-order valence-corrected chi connectivity index (χ1v) is 5.12. The molecular formula is C11H18O2. The summed E-state index contributed by atoms with van der Waals surface area (Å²) < 4.78 is 5.29. The maximum absolute atomic E-state index is 11.4. The molecule has 74 valence electrons. The first kappa shape index (κ1) is 10.3. The van der Waals surface area contributed by atoms with Gasteiger partial charge in [-0.1, -0.05) is 19.9 Å². The van der Waals surface area contributed by atoms with Gasteiger partial charge in [0.2, 0.25) is 0 Å². The molecule has 0 saturated heterocycles. The molecule has 0 radical (unpaired) electrons. The van der Waals surface area contributed by atoms with Crippen molar-refractivity contribution in [3.05, 3.63) is 12.2 Å². The lowest BCUT2D eigenvalue weighted by Gasteiger charge is -2.11. The topological polar surface area (TPSA) is 26.3 Å². The maximum atomic E-state index is 11.4. The van der Waals surface area contributed by atoms with Crippen molar-refractivity contribution < 1.29 is 9.53 Å². The van der Waals surface area contributed by atoms with E-state index in [1.165, 1.54) is 12.8 Å². The second kappa shape index (κ2) is 5.05. The fraction of sp³-hybridized carbons (Fsp3) is 0.727. The van der Waals surface area contributed by atoms with Gasteiger partial charge in [-0.3, -0.25) is 0 Å². The zero-order chi connectivity index (χ0) is 9.68. The number of ether oxygens (including phenoxy) is 1. The summed E-state index contributed by atoms with van der Waals surface area (Å²) in [6, 6.07) is 0. The molecule has 0 N–H and O–H groups in total. The summed E-state index contributed by atoms with van der Waals surface area (Å²) in [4.78, 5) is 11.4. The second-order valence-corrected chi connectivity index (χ2v) is 3.67. The number of carbonyl (C=O) groups excluding carboxylic acids is 1. The molecule has 0 heterocycles. The van der Waals surface area contributed by atoms with Crippen molar-refractivity contribution in [2.45, 2.75) is 51.6 Å². The van der Waals surface area contributed by atoms with Crippen molar-refractivity contribution in [3.63, 3.8) is 0 Å². The molecule has 0 amide bonds. The first-order valence-electron chi connectivity index (χ1n) is 5.12. The van der Waals surface area contributed by atoms with Gasteiger partial charge < -0.3 is 4.74 Å². The minimum atomic E-state index is -0.186. The Kier molecular flexibility index (Phi) is 4.00. The SMILES string of the molecule is C=C(CCC)C(=O)OC1CCCC1.